The zero-order valence-corrected chi connectivity index (χ0v) is 28.4. The van der Waals surface area contributed by atoms with Gasteiger partial charge in [-0.3, -0.25) is 19.5 Å². The predicted molar refractivity (Wildman–Crippen MR) is 179 cm³/mol. The summed E-state index contributed by atoms with van der Waals surface area (Å²) in [5.74, 6) is 0.340. The van der Waals surface area contributed by atoms with Crippen molar-refractivity contribution in [2.45, 2.75) is 46.4 Å². The summed E-state index contributed by atoms with van der Waals surface area (Å²) in [5, 5.41) is 11.4. The first-order chi connectivity index (χ1) is 22.0. The molecule has 0 radical (unpaired) electrons. The van der Waals surface area contributed by atoms with Crippen LogP contribution in [0.25, 0.3) is 6.08 Å². The number of esters is 1. The third-order valence-corrected chi connectivity index (χ3v) is 8.77. The normalized spacial score (nSPS) is 14.6. The van der Waals surface area contributed by atoms with Crippen molar-refractivity contribution in [3.05, 3.63) is 128 Å². The Bertz CT molecular complexity index is 2030. The molecule has 13 heteroatoms. The van der Waals surface area contributed by atoms with Crippen molar-refractivity contribution in [1.29, 1.82) is 0 Å². The molecule has 5 rings (SSSR count). The minimum Gasteiger partial charge on any atom is -0.491 e. The number of nitro benzene ring substituents is 1. The maximum Gasteiger partial charge on any atom is 0.338 e. The first kappa shape index (κ1) is 33.1. The lowest BCUT2D eigenvalue weighted by atomic mass is 9.95. The quantitative estimate of drug-likeness (QED) is 0.104. The molecule has 0 fully saturated rings. The Labute approximate surface area is 281 Å². The minimum atomic E-state index is -0.827. The highest BCUT2D eigenvalue weighted by molar-refractivity contribution is 9.10. The van der Waals surface area contributed by atoms with Gasteiger partial charge in [-0.1, -0.05) is 53.3 Å². The molecule has 1 aromatic heterocycles. The molecule has 0 amide bonds. The van der Waals surface area contributed by atoms with Crippen LogP contribution in [0.4, 0.5) is 5.69 Å². The summed E-state index contributed by atoms with van der Waals surface area (Å²) in [7, 11) is 0. The number of para-hydroxylation sites is 1. The fraction of sp³-hybridized carbons (Fsp3) is 0.242. The second-order valence-corrected chi connectivity index (χ2v) is 12.8. The Morgan fingerprint density at radius 3 is 2.65 bits per heavy atom. The average molecular weight is 727 g/mol. The molecular formula is C33H29BrClN3O7S. The summed E-state index contributed by atoms with van der Waals surface area (Å²) in [4.78, 5) is 43.1. The number of hydrogen-bond donors (Lipinski definition) is 0. The van der Waals surface area contributed by atoms with Crippen LogP contribution < -0.4 is 24.4 Å². The zero-order valence-electron chi connectivity index (χ0n) is 25.3. The molecule has 0 saturated carbocycles. The van der Waals surface area contributed by atoms with Gasteiger partial charge in [0.15, 0.2) is 10.6 Å². The van der Waals surface area contributed by atoms with Crippen molar-refractivity contribution in [3.8, 4) is 11.5 Å². The Balaban J connectivity index is 1.56. The van der Waals surface area contributed by atoms with Gasteiger partial charge in [-0.25, -0.2) is 9.79 Å². The molecule has 2 heterocycles. The number of ether oxygens (including phenoxy) is 3. The maximum atomic E-state index is 14.1. The highest BCUT2D eigenvalue weighted by Gasteiger charge is 2.35. The SMILES string of the molecule is CCOC(=O)C1=C(C)N=c2s/c(=C/c3cc(Cl)c(OCc4cccc([N+](=O)[O-])c4)c(Br)c3)c(=O)n2[C@H]1c1ccccc1OC(C)C. The molecule has 0 spiro atoms. The zero-order chi connectivity index (χ0) is 33.1. The van der Waals surface area contributed by atoms with E-state index in [4.69, 9.17) is 25.8 Å². The second-order valence-electron chi connectivity index (χ2n) is 10.5. The van der Waals surface area contributed by atoms with Crippen LogP contribution in [0.5, 0.6) is 11.5 Å². The Morgan fingerprint density at radius 1 is 1.20 bits per heavy atom. The van der Waals surface area contributed by atoms with E-state index in [1.165, 1.54) is 28.0 Å². The van der Waals surface area contributed by atoms with Crippen LogP contribution in [-0.2, 0) is 16.1 Å². The Morgan fingerprint density at radius 2 is 1.96 bits per heavy atom. The lowest BCUT2D eigenvalue weighted by molar-refractivity contribution is -0.384. The van der Waals surface area contributed by atoms with Gasteiger partial charge in [0, 0.05) is 17.7 Å². The third kappa shape index (κ3) is 6.93. The number of thiazole rings is 1. The van der Waals surface area contributed by atoms with Crippen LogP contribution in [-0.4, -0.2) is 28.2 Å². The molecule has 1 atom stereocenters. The van der Waals surface area contributed by atoms with Crippen LogP contribution >= 0.6 is 38.9 Å². The molecule has 0 aliphatic carbocycles. The smallest absolute Gasteiger partial charge is 0.338 e. The lowest BCUT2D eigenvalue weighted by Gasteiger charge is -2.26. The van der Waals surface area contributed by atoms with E-state index in [2.05, 4.69) is 20.9 Å². The summed E-state index contributed by atoms with van der Waals surface area (Å²) in [5.41, 5.74) is 2.19. The molecule has 0 bridgehead atoms. The summed E-state index contributed by atoms with van der Waals surface area (Å²) in [6, 6.07) is 16.1. The third-order valence-electron chi connectivity index (χ3n) is 6.92. The van der Waals surface area contributed by atoms with Gasteiger partial charge in [-0.15, -0.1) is 0 Å². The number of hydrogen-bond acceptors (Lipinski definition) is 9. The minimum absolute atomic E-state index is 0.0363. The van der Waals surface area contributed by atoms with Gasteiger partial charge in [-0.2, -0.15) is 0 Å². The molecule has 3 aromatic carbocycles. The van der Waals surface area contributed by atoms with Gasteiger partial charge in [0.2, 0.25) is 0 Å². The van der Waals surface area contributed by atoms with E-state index in [9.17, 15) is 19.7 Å². The summed E-state index contributed by atoms with van der Waals surface area (Å²) in [6.07, 6.45) is 1.55. The summed E-state index contributed by atoms with van der Waals surface area (Å²) in [6.45, 7) is 7.48. The lowest BCUT2D eigenvalue weighted by Crippen LogP contribution is -2.40. The van der Waals surface area contributed by atoms with Gasteiger partial charge >= 0.3 is 5.97 Å². The van der Waals surface area contributed by atoms with Crippen LogP contribution in [0.15, 0.2) is 86.2 Å². The van der Waals surface area contributed by atoms with Crippen molar-refractivity contribution in [3.63, 3.8) is 0 Å². The van der Waals surface area contributed by atoms with Gasteiger partial charge in [0.25, 0.3) is 11.2 Å². The van der Waals surface area contributed by atoms with Crippen molar-refractivity contribution >= 4 is 56.6 Å². The van der Waals surface area contributed by atoms with E-state index in [0.717, 1.165) is 0 Å². The van der Waals surface area contributed by atoms with Gasteiger partial charge in [0.1, 0.15) is 18.4 Å². The molecule has 10 nitrogen and oxygen atoms in total. The van der Waals surface area contributed by atoms with Crippen molar-refractivity contribution < 1.29 is 23.9 Å². The monoisotopic (exact) mass is 725 g/mol. The van der Waals surface area contributed by atoms with E-state index < -0.39 is 16.9 Å². The average Bonchev–Trinajstić information content (AvgIpc) is 3.30. The van der Waals surface area contributed by atoms with E-state index in [1.54, 1.807) is 44.2 Å². The molecule has 0 saturated heterocycles. The fourth-order valence-corrected chi connectivity index (χ4v) is 7.06. The Hall–Kier alpha value is -4.26. The molecular weight excluding hydrogens is 698 g/mol. The summed E-state index contributed by atoms with van der Waals surface area (Å²) >= 11 is 11.3. The van der Waals surface area contributed by atoms with Gasteiger partial charge in [-0.05, 0) is 79.0 Å². The number of nitro groups is 1. The largest absolute Gasteiger partial charge is 0.491 e. The number of benzene rings is 3. The topological polar surface area (TPSA) is 122 Å². The molecule has 0 unspecified atom stereocenters. The summed E-state index contributed by atoms with van der Waals surface area (Å²) < 4.78 is 19.8. The van der Waals surface area contributed by atoms with Crippen LogP contribution in [0, 0.1) is 10.1 Å². The standard InChI is InChI=1S/C33H29BrClN3O7S/c1-5-43-32(40)28-19(4)36-33-37(29(28)23-11-6-7-12-26(23)45-18(2)3)31(39)27(46-33)16-21-14-24(34)30(25(35)15-21)44-17-20-9-8-10-22(13-20)38(41)42/h6-16,18,29H,5,17H2,1-4H3/b27-16+/t29-/m0/s1. The van der Waals surface area contributed by atoms with Gasteiger partial charge in [0.05, 0.1) is 42.9 Å². The molecule has 0 N–H and O–H groups in total. The molecule has 1 aliphatic rings. The molecule has 4 aromatic rings. The van der Waals surface area contributed by atoms with Gasteiger partial charge < -0.3 is 14.2 Å². The van der Waals surface area contributed by atoms with E-state index in [1.807, 2.05) is 38.1 Å². The number of carbonyl (C=O) groups is 1. The number of rotatable bonds is 10. The van der Waals surface area contributed by atoms with Crippen molar-refractivity contribution in [2.24, 2.45) is 4.99 Å². The molecule has 238 valence electrons. The van der Waals surface area contributed by atoms with E-state index in [0.29, 0.717) is 47.7 Å². The van der Waals surface area contributed by atoms with Crippen molar-refractivity contribution in [1.82, 2.24) is 4.57 Å². The first-order valence-corrected chi connectivity index (χ1v) is 16.3. The number of carbonyl (C=O) groups excluding carboxylic acids is 1. The van der Waals surface area contributed by atoms with Crippen LogP contribution in [0.3, 0.4) is 0 Å². The van der Waals surface area contributed by atoms with Crippen LogP contribution in [0.2, 0.25) is 5.02 Å². The number of nitrogens with zero attached hydrogens (tertiary/aromatic N) is 3. The fourth-order valence-electron chi connectivity index (χ4n) is 5.02. The second kappa shape index (κ2) is 14.0. The predicted octanol–water partition coefficient (Wildman–Crippen LogP) is 6.49. The molecule has 46 heavy (non-hydrogen) atoms. The van der Waals surface area contributed by atoms with Crippen molar-refractivity contribution in [2.75, 3.05) is 6.61 Å². The van der Waals surface area contributed by atoms with E-state index in [-0.39, 0.29) is 41.2 Å². The number of aromatic nitrogens is 1. The Kier molecular flexibility index (Phi) is 10.1. The van der Waals surface area contributed by atoms with E-state index >= 15 is 0 Å². The first-order valence-electron chi connectivity index (χ1n) is 14.3. The number of allylic oxidation sites excluding steroid dienone is 1. The highest BCUT2D eigenvalue weighted by Crippen LogP contribution is 2.37. The number of fused-ring (bicyclic) bond motifs is 1. The highest BCUT2D eigenvalue weighted by atomic mass is 79.9. The maximum absolute atomic E-state index is 14.1. The number of halogens is 2. The number of non-ortho nitro benzene ring substituents is 1. The van der Waals surface area contributed by atoms with Crippen LogP contribution in [0.1, 0.15) is 50.4 Å². The molecule has 1 aliphatic heterocycles.